The van der Waals surface area contributed by atoms with E-state index in [-0.39, 0.29) is 12.1 Å². The summed E-state index contributed by atoms with van der Waals surface area (Å²) in [5.41, 5.74) is 1.21. The van der Waals surface area contributed by atoms with E-state index in [2.05, 4.69) is 0 Å². The summed E-state index contributed by atoms with van der Waals surface area (Å²) < 4.78 is 44.7. The molecule has 10 heteroatoms. The van der Waals surface area contributed by atoms with Gasteiger partial charge in [0.05, 0.1) is 43.7 Å². The Balaban J connectivity index is 1.50. The quantitative estimate of drug-likeness (QED) is 0.550. The number of anilines is 1. The van der Waals surface area contributed by atoms with Crippen LogP contribution >= 0.6 is 0 Å². The van der Waals surface area contributed by atoms with Crippen LogP contribution in [-0.4, -0.2) is 60.7 Å². The fourth-order valence-corrected chi connectivity index (χ4v) is 4.17. The number of benzene rings is 2. The van der Waals surface area contributed by atoms with E-state index in [1.165, 1.54) is 4.90 Å². The highest BCUT2D eigenvalue weighted by molar-refractivity contribution is 5.94. The lowest BCUT2D eigenvalue weighted by Crippen LogP contribution is -2.39. The summed E-state index contributed by atoms with van der Waals surface area (Å²) in [7, 11) is 1.55. The highest BCUT2D eigenvalue weighted by atomic mass is 19.1. The average molecular weight is 482 g/mol. The molecule has 0 unspecified atom stereocenters. The second kappa shape index (κ2) is 9.83. The number of methoxy groups -OCH3 is 1. The minimum absolute atomic E-state index is 0.124. The van der Waals surface area contributed by atoms with Crippen molar-refractivity contribution in [2.75, 3.05) is 44.9 Å². The lowest BCUT2D eigenvalue weighted by molar-refractivity contribution is 0.0727. The van der Waals surface area contributed by atoms with Crippen LogP contribution in [0.2, 0.25) is 0 Å². The molecule has 2 aromatic carbocycles. The molecule has 0 N–H and O–H groups in total. The molecule has 182 valence electrons. The van der Waals surface area contributed by atoms with Crippen molar-refractivity contribution in [2.24, 2.45) is 0 Å². The van der Waals surface area contributed by atoms with Crippen molar-refractivity contribution in [2.45, 2.75) is 13.0 Å². The van der Waals surface area contributed by atoms with E-state index in [0.29, 0.717) is 74.2 Å². The zero-order valence-corrected chi connectivity index (χ0v) is 19.2. The number of carbonyl (C=O) groups excluding carboxylic acids is 1. The number of amides is 1. The third-order valence-corrected chi connectivity index (χ3v) is 6.03. The number of halogens is 2. The van der Waals surface area contributed by atoms with E-state index in [0.717, 1.165) is 17.8 Å². The summed E-state index contributed by atoms with van der Waals surface area (Å²) in [5, 5.41) is 0. The Hall–Kier alpha value is -3.79. The molecule has 1 aromatic heterocycles. The summed E-state index contributed by atoms with van der Waals surface area (Å²) in [6.07, 6.45) is 0.437. The first-order valence-corrected chi connectivity index (χ1v) is 11.3. The molecule has 0 spiro atoms. The predicted octanol–water partition coefficient (Wildman–Crippen LogP) is 3.59. The van der Waals surface area contributed by atoms with Crippen LogP contribution in [0.1, 0.15) is 21.6 Å². The van der Waals surface area contributed by atoms with E-state index in [9.17, 15) is 13.6 Å². The van der Waals surface area contributed by atoms with Crippen molar-refractivity contribution in [3.8, 4) is 17.4 Å². The number of fused-ring (bicyclic) bond motifs is 1. The number of morpholine rings is 1. The molecule has 0 bridgehead atoms. The summed E-state index contributed by atoms with van der Waals surface area (Å²) in [6, 6.07) is 10.1. The molecule has 2 aliphatic heterocycles. The van der Waals surface area contributed by atoms with Gasteiger partial charge >= 0.3 is 0 Å². The van der Waals surface area contributed by atoms with Crippen molar-refractivity contribution >= 4 is 11.9 Å². The number of carbonyl (C=O) groups is 1. The van der Waals surface area contributed by atoms with Crippen LogP contribution in [0.3, 0.4) is 0 Å². The third-order valence-electron chi connectivity index (χ3n) is 6.03. The number of rotatable bonds is 5. The second-order valence-corrected chi connectivity index (χ2v) is 8.21. The first-order valence-electron chi connectivity index (χ1n) is 11.3. The second-order valence-electron chi connectivity index (χ2n) is 8.21. The SMILES string of the molecule is COc1ccccc1Oc1nc(N2CCOCC2)nc2c1CN(C(=O)c1ccc(F)cc1F)CC2. The van der Waals surface area contributed by atoms with Crippen molar-refractivity contribution in [1.82, 2.24) is 14.9 Å². The largest absolute Gasteiger partial charge is 0.493 e. The fourth-order valence-electron chi connectivity index (χ4n) is 4.17. The molecule has 0 radical (unpaired) electrons. The van der Waals surface area contributed by atoms with Gasteiger partial charge in [0.1, 0.15) is 11.6 Å². The van der Waals surface area contributed by atoms with Gasteiger partial charge in [-0.3, -0.25) is 4.79 Å². The first-order chi connectivity index (χ1) is 17.0. The van der Waals surface area contributed by atoms with Crippen LogP contribution in [0.5, 0.6) is 17.4 Å². The van der Waals surface area contributed by atoms with Gasteiger partial charge in [0.2, 0.25) is 11.8 Å². The number of aromatic nitrogens is 2. The molecule has 1 saturated heterocycles. The lowest BCUT2D eigenvalue weighted by atomic mass is 10.0. The maximum absolute atomic E-state index is 14.3. The smallest absolute Gasteiger partial charge is 0.257 e. The van der Waals surface area contributed by atoms with Crippen LogP contribution in [0.25, 0.3) is 0 Å². The highest BCUT2D eigenvalue weighted by Crippen LogP contribution is 2.36. The molecule has 8 nitrogen and oxygen atoms in total. The molecule has 3 aromatic rings. The normalized spacial score (nSPS) is 15.5. The van der Waals surface area contributed by atoms with Gasteiger partial charge in [0.25, 0.3) is 5.91 Å². The van der Waals surface area contributed by atoms with Crippen LogP contribution in [0.15, 0.2) is 42.5 Å². The van der Waals surface area contributed by atoms with E-state index in [4.69, 9.17) is 24.2 Å². The summed E-state index contributed by atoms with van der Waals surface area (Å²) in [6.45, 7) is 2.92. The van der Waals surface area contributed by atoms with Gasteiger partial charge in [0.15, 0.2) is 11.5 Å². The molecule has 3 heterocycles. The number of para-hydroxylation sites is 2. The molecule has 0 saturated carbocycles. The predicted molar refractivity (Wildman–Crippen MR) is 123 cm³/mol. The standard InChI is InChI=1S/C25H24F2N4O4/c1-33-21-4-2-3-5-22(21)35-23-18-15-31(24(32)17-7-6-16(26)14-19(17)27)9-8-20(18)28-25(29-23)30-10-12-34-13-11-30/h2-7,14H,8-13,15H2,1H3. The minimum Gasteiger partial charge on any atom is -0.493 e. The van der Waals surface area contributed by atoms with Crippen LogP contribution in [0, 0.1) is 11.6 Å². The Morgan fingerprint density at radius 2 is 1.80 bits per heavy atom. The molecule has 0 aliphatic carbocycles. The number of hydrogen-bond acceptors (Lipinski definition) is 7. The molecule has 1 fully saturated rings. The molecule has 1 amide bonds. The monoisotopic (exact) mass is 482 g/mol. The number of ether oxygens (including phenoxy) is 3. The Morgan fingerprint density at radius 3 is 2.54 bits per heavy atom. The van der Waals surface area contributed by atoms with E-state index < -0.39 is 17.5 Å². The summed E-state index contributed by atoms with van der Waals surface area (Å²) in [4.78, 5) is 26.0. The van der Waals surface area contributed by atoms with Gasteiger partial charge in [0, 0.05) is 32.1 Å². The minimum atomic E-state index is -0.898. The van der Waals surface area contributed by atoms with Crippen molar-refractivity contribution < 1.29 is 27.8 Å². The fraction of sp³-hybridized carbons (Fsp3) is 0.320. The van der Waals surface area contributed by atoms with Crippen LogP contribution < -0.4 is 14.4 Å². The summed E-state index contributed by atoms with van der Waals surface area (Å²) in [5.74, 6) is -0.334. The van der Waals surface area contributed by atoms with E-state index in [1.807, 2.05) is 17.0 Å². The molecule has 5 rings (SSSR count). The maximum Gasteiger partial charge on any atom is 0.257 e. The van der Waals surface area contributed by atoms with Gasteiger partial charge in [-0.2, -0.15) is 4.98 Å². The zero-order chi connectivity index (χ0) is 24.4. The van der Waals surface area contributed by atoms with E-state index >= 15 is 0 Å². The van der Waals surface area contributed by atoms with Gasteiger partial charge in [-0.1, -0.05) is 12.1 Å². The van der Waals surface area contributed by atoms with E-state index in [1.54, 1.807) is 19.2 Å². The summed E-state index contributed by atoms with van der Waals surface area (Å²) >= 11 is 0. The Morgan fingerprint density at radius 1 is 1.03 bits per heavy atom. The van der Waals surface area contributed by atoms with Crippen molar-refractivity contribution in [3.05, 3.63) is 70.9 Å². The zero-order valence-electron chi connectivity index (χ0n) is 19.2. The topological polar surface area (TPSA) is 77.0 Å². The number of hydrogen-bond donors (Lipinski definition) is 0. The van der Waals surface area contributed by atoms with Gasteiger partial charge in [-0.25, -0.2) is 13.8 Å². The molecular formula is C25H24F2N4O4. The van der Waals surface area contributed by atoms with Crippen molar-refractivity contribution in [3.63, 3.8) is 0 Å². The maximum atomic E-state index is 14.3. The Labute approximate surface area is 201 Å². The van der Waals surface area contributed by atoms with Gasteiger partial charge < -0.3 is 24.0 Å². The molecule has 2 aliphatic rings. The Kier molecular flexibility index (Phi) is 6.45. The van der Waals surface area contributed by atoms with Crippen LogP contribution in [-0.2, 0) is 17.7 Å². The third kappa shape index (κ3) is 4.74. The lowest BCUT2D eigenvalue weighted by Gasteiger charge is -2.32. The highest BCUT2D eigenvalue weighted by Gasteiger charge is 2.30. The van der Waals surface area contributed by atoms with Crippen LogP contribution in [0.4, 0.5) is 14.7 Å². The van der Waals surface area contributed by atoms with Gasteiger partial charge in [-0.05, 0) is 24.3 Å². The Bertz CT molecular complexity index is 1250. The van der Waals surface area contributed by atoms with Gasteiger partial charge in [-0.15, -0.1) is 0 Å². The first kappa shape index (κ1) is 23.0. The number of nitrogens with zero attached hydrogens (tertiary/aromatic N) is 4. The van der Waals surface area contributed by atoms with Crippen molar-refractivity contribution in [1.29, 1.82) is 0 Å². The molecular weight excluding hydrogens is 458 g/mol. The molecule has 35 heavy (non-hydrogen) atoms. The average Bonchev–Trinajstić information content (AvgIpc) is 2.89. The molecule has 0 atom stereocenters.